The summed E-state index contributed by atoms with van der Waals surface area (Å²) >= 11 is 0. The Morgan fingerprint density at radius 2 is 2.37 bits per heavy atom. The quantitative estimate of drug-likeness (QED) is 0.401. The van der Waals surface area contributed by atoms with Gasteiger partial charge in [0.15, 0.2) is 5.96 Å². The maximum atomic E-state index is 11.7. The minimum absolute atomic E-state index is 0.0430. The molecule has 1 amide bonds. The van der Waals surface area contributed by atoms with Gasteiger partial charge in [0.1, 0.15) is 6.54 Å². The number of guanidine groups is 1. The number of nitrogens with zero attached hydrogens (tertiary/aromatic N) is 2. The molecule has 0 bridgehead atoms. The van der Waals surface area contributed by atoms with Crippen LogP contribution in [0.4, 0.5) is 5.69 Å². The van der Waals surface area contributed by atoms with Crippen molar-refractivity contribution in [2.45, 2.75) is 6.92 Å². The predicted molar refractivity (Wildman–Crippen MR) is 77.0 cm³/mol. The number of pyridine rings is 1. The van der Waals surface area contributed by atoms with E-state index in [1.807, 2.05) is 6.92 Å². The highest BCUT2D eigenvalue weighted by Crippen LogP contribution is 2.01. The maximum absolute atomic E-state index is 11.7. The zero-order valence-corrected chi connectivity index (χ0v) is 11.0. The molecule has 0 aliphatic heterocycles. The van der Waals surface area contributed by atoms with E-state index in [1.165, 1.54) is 0 Å². The van der Waals surface area contributed by atoms with Crippen molar-refractivity contribution in [1.29, 1.82) is 0 Å². The van der Waals surface area contributed by atoms with Gasteiger partial charge in [-0.25, -0.2) is 4.99 Å². The van der Waals surface area contributed by atoms with Gasteiger partial charge in [0.25, 0.3) is 0 Å². The van der Waals surface area contributed by atoms with Crippen LogP contribution in [0.1, 0.15) is 6.92 Å². The molecule has 0 saturated heterocycles. The second-order valence-corrected chi connectivity index (χ2v) is 3.65. The summed E-state index contributed by atoms with van der Waals surface area (Å²) in [6.45, 7) is 6.94. The fourth-order valence-corrected chi connectivity index (χ4v) is 1.30. The zero-order valence-electron chi connectivity index (χ0n) is 11.0. The summed E-state index contributed by atoms with van der Waals surface area (Å²) in [6.07, 6.45) is 4.96. The van der Waals surface area contributed by atoms with Crippen LogP contribution in [0.2, 0.25) is 0 Å². The first-order valence-electron chi connectivity index (χ1n) is 6.09. The normalized spacial score (nSPS) is 10.7. The number of anilines is 1. The molecule has 0 atom stereocenters. The van der Waals surface area contributed by atoms with Crippen LogP contribution >= 0.6 is 0 Å². The topological polar surface area (TPSA) is 78.4 Å². The van der Waals surface area contributed by atoms with E-state index < -0.39 is 0 Å². The molecule has 19 heavy (non-hydrogen) atoms. The highest BCUT2D eigenvalue weighted by atomic mass is 16.1. The highest BCUT2D eigenvalue weighted by Gasteiger charge is 2.02. The Morgan fingerprint density at radius 1 is 1.53 bits per heavy atom. The van der Waals surface area contributed by atoms with E-state index in [0.29, 0.717) is 18.2 Å². The molecule has 1 rings (SSSR count). The largest absolute Gasteiger partial charge is 0.357 e. The number of carbonyl (C=O) groups is 1. The molecular formula is C13H19N5O. The summed E-state index contributed by atoms with van der Waals surface area (Å²) in [7, 11) is 0. The monoisotopic (exact) mass is 261 g/mol. The molecule has 1 heterocycles. The molecule has 1 aromatic rings. The second-order valence-electron chi connectivity index (χ2n) is 3.65. The van der Waals surface area contributed by atoms with Gasteiger partial charge in [-0.15, -0.1) is 6.58 Å². The molecule has 0 aliphatic carbocycles. The van der Waals surface area contributed by atoms with E-state index in [4.69, 9.17) is 0 Å². The lowest BCUT2D eigenvalue weighted by atomic mass is 10.4. The van der Waals surface area contributed by atoms with Crippen LogP contribution in [0.15, 0.2) is 42.2 Å². The number of hydrogen-bond donors (Lipinski definition) is 3. The standard InChI is InChI=1S/C13H19N5O/c1-3-7-16-13(15-4-2)17-10-12(19)18-11-6-5-8-14-9-11/h3,5-6,8-9H,1,4,7,10H2,2H3,(H,18,19)(H2,15,16,17). The Kier molecular flexibility index (Phi) is 6.71. The molecule has 0 radical (unpaired) electrons. The van der Waals surface area contributed by atoms with Gasteiger partial charge >= 0.3 is 0 Å². The van der Waals surface area contributed by atoms with Crippen molar-refractivity contribution >= 4 is 17.6 Å². The Morgan fingerprint density at radius 3 is 3.00 bits per heavy atom. The lowest BCUT2D eigenvalue weighted by Gasteiger charge is -2.09. The molecule has 0 aliphatic rings. The first-order valence-corrected chi connectivity index (χ1v) is 6.09. The van der Waals surface area contributed by atoms with Crippen LogP contribution in [0, 0.1) is 0 Å². The molecule has 0 spiro atoms. The summed E-state index contributed by atoms with van der Waals surface area (Å²) in [4.78, 5) is 19.8. The third kappa shape index (κ3) is 6.21. The number of aliphatic imine (C=N–C) groups is 1. The predicted octanol–water partition coefficient (Wildman–Crippen LogP) is 0.761. The van der Waals surface area contributed by atoms with Crippen LogP contribution in [0.25, 0.3) is 0 Å². The molecule has 6 nitrogen and oxygen atoms in total. The van der Waals surface area contributed by atoms with Gasteiger partial charge in [-0.3, -0.25) is 9.78 Å². The Hall–Kier alpha value is -2.37. The first-order chi connectivity index (χ1) is 9.26. The number of rotatable bonds is 6. The molecule has 6 heteroatoms. The van der Waals surface area contributed by atoms with Crippen molar-refractivity contribution in [1.82, 2.24) is 15.6 Å². The van der Waals surface area contributed by atoms with Gasteiger partial charge in [-0.05, 0) is 19.1 Å². The second kappa shape index (κ2) is 8.68. The number of hydrogen-bond acceptors (Lipinski definition) is 3. The summed E-state index contributed by atoms with van der Waals surface area (Å²) in [5, 5.41) is 8.76. The third-order valence-electron chi connectivity index (χ3n) is 2.08. The number of aromatic nitrogens is 1. The number of amides is 1. The molecule has 0 aromatic carbocycles. The lowest BCUT2D eigenvalue weighted by Crippen LogP contribution is -2.38. The zero-order chi connectivity index (χ0) is 13.9. The van der Waals surface area contributed by atoms with Crippen molar-refractivity contribution in [2.75, 3.05) is 25.0 Å². The Balaban J connectivity index is 2.47. The number of nitrogens with one attached hydrogen (secondary N) is 3. The van der Waals surface area contributed by atoms with Crippen molar-refractivity contribution in [3.8, 4) is 0 Å². The molecule has 3 N–H and O–H groups in total. The third-order valence-corrected chi connectivity index (χ3v) is 2.08. The minimum Gasteiger partial charge on any atom is -0.357 e. The van der Waals surface area contributed by atoms with Crippen molar-refractivity contribution in [3.05, 3.63) is 37.2 Å². The van der Waals surface area contributed by atoms with Gasteiger partial charge in [-0.2, -0.15) is 0 Å². The molecule has 0 fully saturated rings. The van der Waals surface area contributed by atoms with Crippen LogP contribution < -0.4 is 16.0 Å². The fourth-order valence-electron chi connectivity index (χ4n) is 1.30. The molecular weight excluding hydrogens is 242 g/mol. The van der Waals surface area contributed by atoms with E-state index in [2.05, 4.69) is 32.5 Å². The van der Waals surface area contributed by atoms with Crippen molar-refractivity contribution in [2.24, 2.45) is 4.99 Å². The van der Waals surface area contributed by atoms with Crippen LogP contribution in [0.5, 0.6) is 0 Å². The molecule has 1 aromatic heterocycles. The van der Waals surface area contributed by atoms with E-state index in [-0.39, 0.29) is 12.5 Å². The first kappa shape index (κ1) is 14.7. The minimum atomic E-state index is -0.191. The summed E-state index contributed by atoms with van der Waals surface area (Å²) in [6, 6.07) is 3.53. The van der Waals surface area contributed by atoms with Crippen molar-refractivity contribution < 1.29 is 4.79 Å². The average Bonchev–Trinajstić information content (AvgIpc) is 2.43. The highest BCUT2D eigenvalue weighted by molar-refractivity contribution is 5.93. The smallest absolute Gasteiger partial charge is 0.246 e. The fraction of sp³-hybridized carbons (Fsp3) is 0.308. The Bertz CT molecular complexity index is 430. The van der Waals surface area contributed by atoms with E-state index >= 15 is 0 Å². The maximum Gasteiger partial charge on any atom is 0.246 e. The van der Waals surface area contributed by atoms with E-state index in [0.717, 1.165) is 6.54 Å². The summed E-state index contributed by atoms with van der Waals surface area (Å²) < 4.78 is 0. The lowest BCUT2D eigenvalue weighted by molar-refractivity contribution is -0.114. The molecule has 102 valence electrons. The molecule has 0 unspecified atom stereocenters. The van der Waals surface area contributed by atoms with E-state index in [9.17, 15) is 4.79 Å². The van der Waals surface area contributed by atoms with E-state index in [1.54, 1.807) is 30.6 Å². The average molecular weight is 261 g/mol. The summed E-state index contributed by atoms with van der Waals surface area (Å²) in [5.74, 6) is 0.396. The van der Waals surface area contributed by atoms with Gasteiger partial charge in [0, 0.05) is 19.3 Å². The van der Waals surface area contributed by atoms with Crippen molar-refractivity contribution in [3.63, 3.8) is 0 Å². The van der Waals surface area contributed by atoms with Crippen LogP contribution in [0.3, 0.4) is 0 Å². The SMILES string of the molecule is C=CCNC(=NCC(=O)Nc1cccnc1)NCC. The number of carbonyl (C=O) groups excluding carboxylic acids is 1. The summed E-state index contributed by atoms with van der Waals surface area (Å²) in [5.41, 5.74) is 0.659. The van der Waals surface area contributed by atoms with Crippen LogP contribution in [-0.4, -0.2) is 36.5 Å². The van der Waals surface area contributed by atoms with Gasteiger partial charge in [-0.1, -0.05) is 6.08 Å². The molecule has 0 saturated carbocycles. The van der Waals surface area contributed by atoms with Crippen LogP contribution in [-0.2, 0) is 4.79 Å². The van der Waals surface area contributed by atoms with Gasteiger partial charge in [0.2, 0.25) is 5.91 Å². The Labute approximate surface area is 113 Å². The van der Waals surface area contributed by atoms with Gasteiger partial charge in [0.05, 0.1) is 11.9 Å². The van der Waals surface area contributed by atoms with Gasteiger partial charge < -0.3 is 16.0 Å².